The molecule has 1 aromatic heterocycles. The van der Waals surface area contributed by atoms with Gasteiger partial charge in [-0.15, -0.1) is 0 Å². The van der Waals surface area contributed by atoms with Gasteiger partial charge in [-0.1, -0.05) is 76.6 Å². The Morgan fingerprint density at radius 1 is 0.885 bits per heavy atom. The summed E-state index contributed by atoms with van der Waals surface area (Å²) in [5.74, 6) is 1.39. The van der Waals surface area contributed by atoms with Crippen molar-refractivity contribution in [2.45, 2.75) is 46.0 Å². The van der Waals surface area contributed by atoms with Crippen molar-refractivity contribution >= 4 is 0 Å². The second-order valence-corrected chi connectivity index (χ2v) is 7.28. The van der Waals surface area contributed by atoms with E-state index in [-0.39, 0.29) is 5.41 Å². The third-order valence-electron chi connectivity index (χ3n) is 5.98. The largest absolute Gasteiger partial charge is 0.237 e. The maximum absolute atomic E-state index is 4.57. The Balaban J connectivity index is 2.22. The van der Waals surface area contributed by atoms with Gasteiger partial charge in [-0.2, -0.15) is 0 Å². The number of hydrogen-bond acceptors (Lipinski definition) is 2. The summed E-state index contributed by atoms with van der Waals surface area (Å²) in [7, 11) is 0. The minimum absolute atomic E-state index is 0.0957. The Hall–Kier alpha value is -2.48. The van der Waals surface area contributed by atoms with Crippen LogP contribution in [0.25, 0.3) is 22.5 Å². The number of aromatic nitrogens is 2. The molecule has 0 amide bonds. The highest BCUT2D eigenvalue weighted by molar-refractivity contribution is 5.73. The van der Waals surface area contributed by atoms with E-state index in [4.69, 9.17) is 0 Å². The summed E-state index contributed by atoms with van der Waals surface area (Å²) < 4.78 is 0. The smallest absolute Gasteiger partial charge is 0.159 e. The summed E-state index contributed by atoms with van der Waals surface area (Å²) in [4.78, 5) is 9.13. The van der Waals surface area contributed by atoms with Crippen molar-refractivity contribution in [1.29, 1.82) is 0 Å². The SMILES string of the molecule is CCC(C)C(C)(CC)c1ccc(-c2ccccc2)cc1-c1ncccn1. The summed E-state index contributed by atoms with van der Waals surface area (Å²) in [6.07, 6.45) is 5.90. The van der Waals surface area contributed by atoms with Crippen LogP contribution in [0.2, 0.25) is 0 Å². The lowest BCUT2D eigenvalue weighted by Crippen LogP contribution is -2.30. The predicted molar refractivity (Wildman–Crippen MR) is 110 cm³/mol. The van der Waals surface area contributed by atoms with Crippen LogP contribution in [0.3, 0.4) is 0 Å². The standard InChI is InChI=1S/C24H28N2/c1-5-18(3)24(4,6-2)22-14-13-20(19-11-8-7-9-12-19)17-21(22)23-25-15-10-16-26-23/h7-18H,5-6H2,1-4H3. The summed E-state index contributed by atoms with van der Waals surface area (Å²) in [6.45, 7) is 9.29. The maximum Gasteiger partial charge on any atom is 0.159 e. The van der Waals surface area contributed by atoms with Crippen LogP contribution in [0.1, 0.15) is 46.1 Å². The monoisotopic (exact) mass is 344 g/mol. The van der Waals surface area contributed by atoms with Gasteiger partial charge in [-0.3, -0.25) is 0 Å². The first-order valence-electron chi connectivity index (χ1n) is 9.57. The molecule has 0 N–H and O–H groups in total. The molecule has 1 heterocycles. The average Bonchev–Trinajstić information content (AvgIpc) is 2.73. The van der Waals surface area contributed by atoms with E-state index in [9.17, 15) is 0 Å². The van der Waals surface area contributed by atoms with Crippen LogP contribution in [-0.2, 0) is 5.41 Å². The first kappa shape index (κ1) is 18.3. The van der Waals surface area contributed by atoms with Gasteiger partial charge in [0.05, 0.1) is 0 Å². The molecule has 0 radical (unpaired) electrons. The number of hydrogen-bond donors (Lipinski definition) is 0. The zero-order valence-electron chi connectivity index (χ0n) is 16.2. The Bertz CT molecular complexity index is 843. The van der Waals surface area contributed by atoms with Crippen LogP contribution >= 0.6 is 0 Å². The van der Waals surface area contributed by atoms with Gasteiger partial charge in [0.2, 0.25) is 0 Å². The first-order chi connectivity index (χ1) is 12.6. The Kier molecular flexibility index (Phi) is 5.51. The molecule has 0 aliphatic carbocycles. The van der Waals surface area contributed by atoms with Crippen molar-refractivity contribution in [2.24, 2.45) is 5.92 Å². The lowest BCUT2D eigenvalue weighted by Gasteiger charge is -2.36. The molecule has 2 unspecified atom stereocenters. The van der Waals surface area contributed by atoms with Crippen LogP contribution < -0.4 is 0 Å². The van der Waals surface area contributed by atoms with Crippen LogP contribution in [0.5, 0.6) is 0 Å². The molecule has 2 heteroatoms. The zero-order chi connectivity index (χ0) is 18.6. The molecule has 0 fully saturated rings. The molecule has 3 rings (SSSR count). The van der Waals surface area contributed by atoms with Gasteiger partial charge in [-0.25, -0.2) is 9.97 Å². The lowest BCUT2D eigenvalue weighted by atomic mass is 9.68. The molecule has 3 aromatic rings. The van der Waals surface area contributed by atoms with E-state index < -0.39 is 0 Å². The highest BCUT2D eigenvalue weighted by atomic mass is 14.9. The molecular weight excluding hydrogens is 316 g/mol. The Morgan fingerprint density at radius 3 is 2.19 bits per heavy atom. The number of nitrogens with zero attached hydrogens (tertiary/aromatic N) is 2. The van der Waals surface area contributed by atoms with Gasteiger partial charge in [0, 0.05) is 18.0 Å². The third-order valence-corrected chi connectivity index (χ3v) is 5.98. The topological polar surface area (TPSA) is 25.8 Å². The highest BCUT2D eigenvalue weighted by Crippen LogP contribution is 2.42. The van der Waals surface area contributed by atoms with E-state index in [0.717, 1.165) is 24.2 Å². The summed E-state index contributed by atoms with van der Waals surface area (Å²) in [5.41, 5.74) is 5.02. The fourth-order valence-electron chi connectivity index (χ4n) is 3.73. The van der Waals surface area contributed by atoms with Crippen molar-refractivity contribution in [3.8, 4) is 22.5 Å². The summed E-state index contributed by atoms with van der Waals surface area (Å²) in [6, 6.07) is 19.2. The molecule has 2 aromatic carbocycles. The molecule has 0 bridgehead atoms. The van der Waals surface area contributed by atoms with Gasteiger partial charge < -0.3 is 0 Å². The molecule has 2 atom stereocenters. The van der Waals surface area contributed by atoms with E-state index in [1.807, 2.05) is 18.5 Å². The molecule has 0 aliphatic rings. The first-order valence-corrected chi connectivity index (χ1v) is 9.57. The molecule has 134 valence electrons. The van der Waals surface area contributed by atoms with Crippen LogP contribution in [0.15, 0.2) is 67.0 Å². The highest BCUT2D eigenvalue weighted by Gasteiger charge is 2.33. The fraction of sp³-hybridized carbons (Fsp3) is 0.333. The normalized spacial score (nSPS) is 14.6. The van der Waals surface area contributed by atoms with E-state index >= 15 is 0 Å². The summed E-state index contributed by atoms with van der Waals surface area (Å²) in [5, 5.41) is 0. The van der Waals surface area contributed by atoms with E-state index in [1.165, 1.54) is 16.7 Å². The molecular formula is C24H28N2. The Morgan fingerprint density at radius 2 is 1.58 bits per heavy atom. The maximum atomic E-state index is 4.57. The van der Waals surface area contributed by atoms with Crippen molar-refractivity contribution in [2.75, 3.05) is 0 Å². The fourth-order valence-corrected chi connectivity index (χ4v) is 3.73. The van der Waals surface area contributed by atoms with Crippen LogP contribution in [-0.4, -0.2) is 9.97 Å². The van der Waals surface area contributed by atoms with E-state index in [0.29, 0.717) is 5.92 Å². The quantitative estimate of drug-likeness (QED) is 0.508. The molecule has 2 nitrogen and oxygen atoms in total. The van der Waals surface area contributed by atoms with E-state index in [2.05, 4.69) is 86.2 Å². The molecule has 0 aliphatic heterocycles. The van der Waals surface area contributed by atoms with Gasteiger partial charge in [0.25, 0.3) is 0 Å². The van der Waals surface area contributed by atoms with Gasteiger partial charge >= 0.3 is 0 Å². The minimum atomic E-state index is 0.0957. The van der Waals surface area contributed by atoms with Crippen LogP contribution in [0, 0.1) is 5.92 Å². The van der Waals surface area contributed by atoms with Crippen molar-refractivity contribution < 1.29 is 0 Å². The lowest BCUT2D eigenvalue weighted by molar-refractivity contribution is 0.296. The molecule has 0 spiro atoms. The second kappa shape index (κ2) is 7.82. The number of benzene rings is 2. The van der Waals surface area contributed by atoms with Crippen molar-refractivity contribution in [3.05, 3.63) is 72.6 Å². The second-order valence-electron chi connectivity index (χ2n) is 7.28. The van der Waals surface area contributed by atoms with Crippen molar-refractivity contribution in [3.63, 3.8) is 0 Å². The Labute approximate surface area is 157 Å². The summed E-state index contributed by atoms with van der Waals surface area (Å²) >= 11 is 0. The van der Waals surface area contributed by atoms with Gasteiger partial charge in [0.1, 0.15) is 0 Å². The molecule has 26 heavy (non-hydrogen) atoms. The third kappa shape index (κ3) is 3.41. The average molecular weight is 345 g/mol. The minimum Gasteiger partial charge on any atom is -0.237 e. The van der Waals surface area contributed by atoms with Gasteiger partial charge in [0.15, 0.2) is 5.82 Å². The van der Waals surface area contributed by atoms with Crippen molar-refractivity contribution in [1.82, 2.24) is 9.97 Å². The van der Waals surface area contributed by atoms with E-state index in [1.54, 1.807) is 0 Å². The predicted octanol–water partition coefficient (Wildman–Crippen LogP) is 6.52. The molecule has 0 saturated carbocycles. The van der Waals surface area contributed by atoms with Gasteiger partial charge in [-0.05, 0) is 46.6 Å². The number of rotatable bonds is 6. The molecule has 0 saturated heterocycles. The zero-order valence-corrected chi connectivity index (χ0v) is 16.2. The van der Waals surface area contributed by atoms with Crippen LogP contribution in [0.4, 0.5) is 0 Å².